The van der Waals surface area contributed by atoms with Gasteiger partial charge in [-0.2, -0.15) is 0 Å². The van der Waals surface area contributed by atoms with Crippen LogP contribution in [0.1, 0.15) is 29.9 Å². The molecule has 0 aliphatic rings. The molecule has 0 saturated heterocycles. The molecule has 7 heteroatoms. The predicted octanol–water partition coefficient (Wildman–Crippen LogP) is 1.63. The van der Waals surface area contributed by atoms with Gasteiger partial charge in [0.05, 0.1) is 16.3 Å². The normalized spacial score (nSPS) is 13.3. The van der Waals surface area contributed by atoms with Crippen molar-refractivity contribution in [1.82, 2.24) is 14.9 Å². The maximum absolute atomic E-state index is 11.4. The largest absolute Gasteiger partial charge is 0.294 e. The number of hydrogen-bond donors (Lipinski definition) is 1. The second-order valence-corrected chi connectivity index (χ2v) is 6.92. The summed E-state index contributed by atoms with van der Waals surface area (Å²) in [5.41, 5.74) is 2.62. The molecule has 0 spiro atoms. The summed E-state index contributed by atoms with van der Waals surface area (Å²) in [6, 6.07) is 6.71. The van der Waals surface area contributed by atoms with Gasteiger partial charge < -0.3 is 0 Å². The van der Waals surface area contributed by atoms with Crippen molar-refractivity contribution in [2.45, 2.75) is 31.3 Å². The number of sulfonamides is 1. The van der Waals surface area contributed by atoms with Crippen LogP contribution in [0.5, 0.6) is 0 Å². The second-order valence-electron chi connectivity index (χ2n) is 5.36. The van der Waals surface area contributed by atoms with E-state index in [9.17, 15) is 8.42 Å². The number of primary sulfonamides is 1. The van der Waals surface area contributed by atoms with Gasteiger partial charge in [-0.1, -0.05) is 12.1 Å². The molecular weight excluding hydrogens is 300 g/mol. The van der Waals surface area contributed by atoms with Crippen LogP contribution in [0.2, 0.25) is 0 Å². The number of rotatable bonds is 5. The lowest BCUT2D eigenvalue weighted by Gasteiger charge is -2.25. The van der Waals surface area contributed by atoms with E-state index in [0.717, 1.165) is 17.0 Å². The standard InChI is InChI=1S/C15H20N4O2S/c1-11-8-18-14(9-17-11)10-19(3)12(2)13-5-4-6-15(7-13)22(16,20)21/h4-9,12H,10H2,1-3H3,(H2,16,20,21)/t12-/m0/s1. The monoisotopic (exact) mass is 320 g/mol. The van der Waals surface area contributed by atoms with E-state index >= 15 is 0 Å². The molecular formula is C15H20N4O2S. The van der Waals surface area contributed by atoms with E-state index in [1.807, 2.05) is 27.0 Å². The zero-order valence-corrected chi connectivity index (χ0v) is 13.7. The first-order valence-electron chi connectivity index (χ1n) is 6.88. The summed E-state index contributed by atoms with van der Waals surface area (Å²) in [6.45, 7) is 4.51. The van der Waals surface area contributed by atoms with Gasteiger partial charge in [-0.3, -0.25) is 14.9 Å². The Morgan fingerprint density at radius 3 is 2.59 bits per heavy atom. The molecule has 0 aliphatic heterocycles. The number of benzene rings is 1. The first-order valence-corrected chi connectivity index (χ1v) is 8.42. The molecule has 0 unspecified atom stereocenters. The smallest absolute Gasteiger partial charge is 0.238 e. The van der Waals surface area contributed by atoms with Gasteiger partial charge in [-0.25, -0.2) is 13.6 Å². The summed E-state index contributed by atoms with van der Waals surface area (Å²) in [4.78, 5) is 10.8. The molecule has 2 rings (SSSR count). The number of aryl methyl sites for hydroxylation is 1. The molecule has 1 aromatic heterocycles. The SMILES string of the molecule is Cc1cnc(CN(C)[C@@H](C)c2cccc(S(N)(=O)=O)c2)cn1. The first kappa shape index (κ1) is 16.5. The zero-order valence-electron chi connectivity index (χ0n) is 12.9. The topological polar surface area (TPSA) is 89.2 Å². The second kappa shape index (κ2) is 6.51. The van der Waals surface area contributed by atoms with Gasteiger partial charge in [0.15, 0.2) is 0 Å². The van der Waals surface area contributed by atoms with E-state index in [1.165, 1.54) is 6.07 Å². The van der Waals surface area contributed by atoms with Crippen molar-refractivity contribution in [3.63, 3.8) is 0 Å². The van der Waals surface area contributed by atoms with E-state index in [0.29, 0.717) is 6.54 Å². The highest BCUT2D eigenvalue weighted by atomic mass is 32.2. The summed E-state index contributed by atoms with van der Waals surface area (Å²) in [5, 5.41) is 5.18. The van der Waals surface area contributed by atoms with Crippen LogP contribution in [0, 0.1) is 6.92 Å². The van der Waals surface area contributed by atoms with Gasteiger partial charge >= 0.3 is 0 Å². The van der Waals surface area contributed by atoms with E-state index in [4.69, 9.17) is 5.14 Å². The molecule has 22 heavy (non-hydrogen) atoms. The molecule has 1 aromatic carbocycles. The number of aromatic nitrogens is 2. The molecule has 1 atom stereocenters. The highest BCUT2D eigenvalue weighted by molar-refractivity contribution is 7.89. The average molecular weight is 320 g/mol. The molecule has 0 radical (unpaired) electrons. The maximum Gasteiger partial charge on any atom is 0.238 e. The molecule has 2 aromatic rings. The zero-order chi connectivity index (χ0) is 16.3. The maximum atomic E-state index is 11.4. The minimum atomic E-state index is -3.69. The molecule has 0 amide bonds. The first-order chi connectivity index (χ1) is 10.3. The predicted molar refractivity (Wildman–Crippen MR) is 84.5 cm³/mol. The van der Waals surface area contributed by atoms with Gasteiger partial charge in [0.1, 0.15) is 0 Å². The Morgan fingerprint density at radius 2 is 2.00 bits per heavy atom. The van der Waals surface area contributed by atoms with Crippen LogP contribution in [0.4, 0.5) is 0 Å². The molecule has 2 N–H and O–H groups in total. The average Bonchev–Trinajstić information content (AvgIpc) is 2.48. The van der Waals surface area contributed by atoms with Crippen molar-refractivity contribution >= 4 is 10.0 Å². The van der Waals surface area contributed by atoms with Gasteiger partial charge in [0.25, 0.3) is 0 Å². The fourth-order valence-corrected chi connectivity index (χ4v) is 2.67. The lowest BCUT2D eigenvalue weighted by Crippen LogP contribution is -2.23. The van der Waals surface area contributed by atoms with Crippen molar-refractivity contribution in [3.05, 3.63) is 53.6 Å². The van der Waals surface area contributed by atoms with E-state index in [1.54, 1.807) is 24.5 Å². The summed E-state index contributed by atoms with van der Waals surface area (Å²) in [7, 11) is -1.73. The van der Waals surface area contributed by atoms with Crippen LogP contribution in [0.25, 0.3) is 0 Å². The van der Waals surface area contributed by atoms with Gasteiger partial charge in [-0.05, 0) is 38.6 Å². The van der Waals surface area contributed by atoms with Gasteiger partial charge in [0.2, 0.25) is 10.0 Å². The minimum Gasteiger partial charge on any atom is -0.294 e. The Hall–Kier alpha value is -1.83. The molecule has 0 fully saturated rings. The Bertz CT molecular complexity index is 744. The lowest BCUT2D eigenvalue weighted by atomic mass is 10.1. The number of nitrogens with zero attached hydrogens (tertiary/aromatic N) is 3. The fourth-order valence-electron chi connectivity index (χ4n) is 2.10. The van der Waals surface area contributed by atoms with Crippen molar-refractivity contribution in [1.29, 1.82) is 0 Å². The Balaban J connectivity index is 2.16. The van der Waals surface area contributed by atoms with Crippen LogP contribution < -0.4 is 5.14 Å². The van der Waals surface area contributed by atoms with Crippen molar-refractivity contribution < 1.29 is 8.42 Å². The van der Waals surface area contributed by atoms with Crippen LogP contribution >= 0.6 is 0 Å². The van der Waals surface area contributed by atoms with Crippen molar-refractivity contribution in [2.75, 3.05) is 7.05 Å². The fraction of sp³-hybridized carbons (Fsp3) is 0.333. The third-order valence-corrected chi connectivity index (χ3v) is 4.49. The highest BCUT2D eigenvalue weighted by Crippen LogP contribution is 2.22. The van der Waals surface area contributed by atoms with Gasteiger partial charge in [0, 0.05) is 25.0 Å². The molecule has 0 saturated carbocycles. The quantitative estimate of drug-likeness (QED) is 0.904. The van der Waals surface area contributed by atoms with Crippen LogP contribution in [-0.2, 0) is 16.6 Å². The Kier molecular flexibility index (Phi) is 4.90. The summed E-state index contributed by atoms with van der Waals surface area (Å²) in [6.07, 6.45) is 3.48. The third kappa shape index (κ3) is 4.09. The number of nitrogens with two attached hydrogens (primary N) is 1. The van der Waals surface area contributed by atoms with E-state index in [2.05, 4.69) is 14.9 Å². The Morgan fingerprint density at radius 1 is 1.27 bits per heavy atom. The van der Waals surface area contributed by atoms with E-state index in [-0.39, 0.29) is 10.9 Å². The van der Waals surface area contributed by atoms with Crippen LogP contribution in [0.15, 0.2) is 41.6 Å². The Labute approximate surface area is 131 Å². The molecule has 6 nitrogen and oxygen atoms in total. The summed E-state index contributed by atoms with van der Waals surface area (Å²) >= 11 is 0. The van der Waals surface area contributed by atoms with Crippen molar-refractivity contribution in [2.24, 2.45) is 5.14 Å². The molecule has 0 bridgehead atoms. The molecule has 1 heterocycles. The van der Waals surface area contributed by atoms with Gasteiger partial charge in [-0.15, -0.1) is 0 Å². The van der Waals surface area contributed by atoms with Crippen molar-refractivity contribution in [3.8, 4) is 0 Å². The minimum absolute atomic E-state index is 0.0183. The van der Waals surface area contributed by atoms with E-state index < -0.39 is 10.0 Å². The molecule has 118 valence electrons. The third-order valence-electron chi connectivity index (χ3n) is 3.58. The lowest BCUT2D eigenvalue weighted by molar-refractivity contribution is 0.249. The van der Waals surface area contributed by atoms with Crippen LogP contribution in [0.3, 0.4) is 0 Å². The van der Waals surface area contributed by atoms with Crippen LogP contribution in [-0.4, -0.2) is 30.3 Å². The molecule has 0 aliphatic carbocycles. The summed E-state index contributed by atoms with van der Waals surface area (Å²) < 4.78 is 22.9. The summed E-state index contributed by atoms with van der Waals surface area (Å²) in [5.74, 6) is 0. The highest BCUT2D eigenvalue weighted by Gasteiger charge is 2.15. The number of hydrogen-bond acceptors (Lipinski definition) is 5.